The Kier molecular flexibility index (Phi) is 9.08. The molecule has 33 heavy (non-hydrogen) atoms. The highest BCUT2D eigenvalue weighted by Crippen LogP contribution is 2.43. The molecule has 2 nitrogen and oxygen atoms in total. The average molecular weight is 453 g/mol. The zero-order valence-electron chi connectivity index (χ0n) is 22.8. The maximum absolute atomic E-state index is 10.8. The van der Waals surface area contributed by atoms with Crippen LogP contribution in [0, 0.1) is 23.7 Å². The Balaban J connectivity index is 2.83. The smallest absolute Gasteiger partial charge is 0.119 e. The van der Waals surface area contributed by atoms with Crippen LogP contribution in [0.25, 0.3) is 0 Å². The lowest BCUT2D eigenvalue weighted by atomic mass is 9.70. The number of rotatable bonds is 10. The van der Waals surface area contributed by atoms with Crippen molar-refractivity contribution in [1.82, 2.24) is 0 Å². The van der Waals surface area contributed by atoms with E-state index in [1.54, 1.807) is 0 Å². The van der Waals surface area contributed by atoms with Gasteiger partial charge in [-0.05, 0) is 94.9 Å². The molecule has 0 amide bonds. The van der Waals surface area contributed by atoms with E-state index in [4.69, 9.17) is 0 Å². The first-order chi connectivity index (χ1) is 15.2. The third-order valence-electron chi connectivity index (χ3n) is 6.61. The molecule has 0 heterocycles. The molecule has 0 atom stereocenters. The fourth-order valence-electron chi connectivity index (χ4n) is 5.23. The summed E-state index contributed by atoms with van der Waals surface area (Å²) in [6, 6.07) is 8.09. The monoisotopic (exact) mass is 452 g/mol. The van der Waals surface area contributed by atoms with E-state index in [1.165, 1.54) is 22.3 Å². The topological polar surface area (TPSA) is 40.5 Å². The number of aromatic hydroxyl groups is 2. The summed E-state index contributed by atoms with van der Waals surface area (Å²) >= 11 is 0. The lowest BCUT2D eigenvalue weighted by Gasteiger charge is -2.34. The minimum atomic E-state index is -0.243. The summed E-state index contributed by atoms with van der Waals surface area (Å²) in [5, 5.41) is 21.7. The van der Waals surface area contributed by atoms with Crippen LogP contribution in [0.4, 0.5) is 0 Å². The summed E-state index contributed by atoms with van der Waals surface area (Å²) in [6.45, 7) is 22.5. The highest BCUT2D eigenvalue weighted by Gasteiger charge is 2.32. The molecule has 0 radical (unpaired) electrons. The summed E-state index contributed by atoms with van der Waals surface area (Å²) in [5.74, 6) is 2.79. The number of benzene rings is 2. The normalized spacial score (nSPS) is 12.5. The van der Waals surface area contributed by atoms with Gasteiger partial charge in [0.25, 0.3) is 0 Å². The van der Waals surface area contributed by atoms with Crippen molar-refractivity contribution in [2.45, 2.75) is 100 Å². The van der Waals surface area contributed by atoms with Gasteiger partial charge in [-0.1, -0.05) is 81.4 Å². The molecule has 0 bridgehead atoms. The average Bonchev–Trinajstić information content (AvgIpc) is 2.66. The molecule has 2 heteroatoms. The van der Waals surface area contributed by atoms with Gasteiger partial charge in [0.2, 0.25) is 0 Å². The number of hydrogen-bond donors (Lipinski definition) is 2. The van der Waals surface area contributed by atoms with Crippen molar-refractivity contribution in [3.8, 4) is 11.5 Å². The van der Waals surface area contributed by atoms with Crippen molar-refractivity contribution in [2.24, 2.45) is 23.7 Å². The van der Waals surface area contributed by atoms with Crippen LogP contribution in [0.3, 0.4) is 0 Å². The second-order valence-electron chi connectivity index (χ2n) is 12.2. The van der Waals surface area contributed by atoms with E-state index in [9.17, 15) is 10.2 Å². The van der Waals surface area contributed by atoms with Crippen LogP contribution in [0.1, 0.15) is 103 Å². The molecule has 0 aliphatic rings. The quantitative estimate of drug-likeness (QED) is 0.381. The molecule has 2 N–H and O–H groups in total. The van der Waals surface area contributed by atoms with Gasteiger partial charge in [-0.2, -0.15) is 0 Å². The van der Waals surface area contributed by atoms with Gasteiger partial charge < -0.3 is 10.2 Å². The Bertz CT molecular complexity index is 857. The highest BCUT2D eigenvalue weighted by molar-refractivity contribution is 5.55. The van der Waals surface area contributed by atoms with E-state index in [-0.39, 0.29) is 5.41 Å². The van der Waals surface area contributed by atoms with Crippen LogP contribution in [-0.4, -0.2) is 10.2 Å². The molecule has 0 aliphatic carbocycles. The minimum absolute atomic E-state index is 0.243. The molecular formula is C31H48O2. The lowest BCUT2D eigenvalue weighted by Crippen LogP contribution is -2.26. The zero-order chi connectivity index (χ0) is 25.1. The van der Waals surface area contributed by atoms with Gasteiger partial charge in [-0.15, -0.1) is 0 Å². The van der Waals surface area contributed by atoms with E-state index < -0.39 is 0 Å². The maximum atomic E-state index is 10.8. The Hall–Kier alpha value is -1.96. The Labute approximate surface area is 203 Å². The van der Waals surface area contributed by atoms with Crippen LogP contribution in [-0.2, 0) is 31.1 Å². The molecule has 0 saturated heterocycles. The first kappa shape index (κ1) is 27.3. The van der Waals surface area contributed by atoms with Crippen molar-refractivity contribution in [3.63, 3.8) is 0 Å². The third-order valence-corrected chi connectivity index (χ3v) is 6.61. The molecule has 2 aromatic rings. The standard InChI is InChI=1S/C31H48O2/c1-19(2)15-23-25(17-21(5)6)29(32)13-11-27(23)31(9,10)28-12-14-30(33)26(18-22(7)8)24(28)16-20(3)4/h11-14,19-22,32-33H,15-18H2,1-10H3. The highest BCUT2D eigenvalue weighted by atomic mass is 16.3. The number of phenolic OH excluding ortho intramolecular Hbond substituents is 2. The molecule has 184 valence electrons. The Morgan fingerprint density at radius 2 is 0.788 bits per heavy atom. The Morgan fingerprint density at radius 3 is 1.06 bits per heavy atom. The van der Waals surface area contributed by atoms with Crippen molar-refractivity contribution < 1.29 is 10.2 Å². The SMILES string of the molecule is CC(C)Cc1c(O)ccc(C(C)(C)c2ccc(O)c(CC(C)C)c2CC(C)C)c1CC(C)C. The van der Waals surface area contributed by atoms with E-state index in [2.05, 4.69) is 81.4 Å². The van der Waals surface area contributed by atoms with Gasteiger partial charge in [0.05, 0.1) is 0 Å². The Morgan fingerprint density at radius 1 is 0.515 bits per heavy atom. The molecule has 0 spiro atoms. The van der Waals surface area contributed by atoms with Gasteiger partial charge in [0.15, 0.2) is 0 Å². The van der Waals surface area contributed by atoms with Gasteiger partial charge in [-0.3, -0.25) is 0 Å². The van der Waals surface area contributed by atoms with E-state index in [1.807, 2.05) is 12.1 Å². The maximum Gasteiger partial charge on any atom is 0.119 e. The molecule has 0 fully saturated rings. The molecular weight excluding hydrogens is 404 g/mol. The summed E-state index contributed by atoms with van der Waals surface area (Å²) < 4.78 is 0. The summed E-state index contributed by atoms with van der Waals surface area (Å²) in [5.41, 5.74) is 7.18. The summed E-state index contributed by atoms with van der Waals surface area (Å²) in [6.07, 6.45) is 3.66. The first-order valence-electron chi connectivity index (χ1n) is 12.9. The van der Waals surface area contributed by atoms with Crippen LogP contribution in [0.5, 0.6) is 11.5 Å². The number of phenols is 2. The van der Waals surface area contributed by atoms with Crippen LogP contribution in [0.2, 0.25) is 0 Å². The summed E-state index contributed by atoms with van der Waals surface area (Å²) in [4.78, 5) is 0. The molecule has 0 aromatic heterocycles. The van der Waals surface area contributed by atoms with Gasteiger partial charge in [0, 0.05) is 5.41 Å². The van der Waals surface area contributed by atoms with Crippen LogP contribution in [0.15, 0.2) is 24.3 Å². The predicted molar refractivity (Wildman–Crippen MR) is 143 cm³/mol. The van der Waals surface area contributed by atoms with Crippen molar-refractivity contribution in [2.75, 3.05) is 0 Å². The van der Waals surface area contributed by atoms with E-state index >= 15 is 0 Å². The van der Waals surface area contributed by atoms with Gasteiger partial charge in [-0.25, -0.2) is 0 Å². The summed E-state index contributed by atoms with van der Waals surface area (Å²) in [7, 11) is 0. The number of hydrogen-bond acceptors (Lipinski definition) is 2. The van der Waals surface area contributed by atoms with Crippen molar-refractivity contribution in [3.05, 3.63) is 57.6 Å². The van der Waals surface area contributed by atoms with E-state index in [0.29, 0.717) is 35.2 Å². The second-order valence-corrected chi connectivity index (χ2v) is 12.2. The molecule has 2 rings (SSSR count). The lowest BCUT2D eigenvalue weighted by molar-refractivity contribution is 0.455. The largest absolute Gasteiger partial charge is 0.508 e. The molecule has 0 unspecified atom stereocenters. The van der Waals surface area contributed by atoms with Gasteiger partial charge >= 0.3 is 0 Å². The molecule has 0 aliphatic heterocycles. The molecule has 2 aromatic carbocycles. The van der Waals surface area contributed by atoms with Crippen LogP contribution >= 0.6 is 0 Å². The van der Waals surface area contributed by atoms with Gasteiger partial charge in [0.1, 0.15) is 11.5 Å². The fourth-order valence-corrected chi connectivity index (χ4v) is 5.23. The first-order valence-corrected chi connectivity index (χ1v) is 12.9. The van der Waals surface area contributed by atoms with Crippen molar-refractivity contribution >= 4 is 0 Å². The minimum Gasteiger partial charge on any atom is -0.508 e. The zero-order valence-corrected chi connectivity index (χ0v) is 22.8. The van der Waals surface area contributed by atoms with Crippen LogP contribution < -0.4 is 0 Å². The van der Waals surface area contributed by atoms with E-state index in [0.717, 1.165) is 36.8 Å². The third kappa shape index (κ3) is 6.55. The predicted octanol–water partition coefficient (Wildman–Crippen LogP) is 8.22. The fraction of sp³-hybridized carbons (Fsp3) is 0.613. The molecule has 0 saturated carbocycles. The second kappa shape index (κ2) is 11.0. The van der Waals surface area contributed by atoms with Crippen molar-refractivity contribution in [1.29, 1.82) is 0 Å².